The second-order valence-electron chi connectivity index (χ2n) is 6.64. The number of halogens is 1. The summed E-state index contributed by atoms with van der Waals surface area (Å²) in [6.07, 6.45) is 3.53. The number of benzene rings is 2. The molecule has 1 fully saturated rings. The van der Waals surface area contributed by atoms with Gasteiger partial charge in [-0.05, 0) is 67.8 Å². The molecule has 2 aromatic carbocycles. The molecule has 27 heavy (non-hydrogen) atoms. The summed E-state index contributed by atoms with van der Waals surface area (Å²) in [4.78, 5) is 14.9. The number of aryl methyl sites for hydroxylation is 1. The first-order valence-corrected chi connectivity index (χ1v) is 8.73. The number of rotatable bonds is 4. The average Bonchev–Trinajstić information content (AvgIpc) is 3.37. The molecule has 6 heteroatoms. The van der Waals surface area contributed by atoms with Crippen LogP contribution in [0.15, 0.2) is 54.7 Å². The van der Waals surface area contributed by atoms with Crippen molar-refractivity contribution in [2.45, 2.75) is 25.8 Å². The molecule has 4 rings (SSSR count). The predicted molar refractivity (Wildman–Crippen MR) is 99.2 cm³/mol. The Balaban J connectivity index is 1.67. The molecule has 0 saturated heterocycles. The van der Waals surface area contributed by atoms with E-state index in [0.29, 0.717) is 16.9 Å². The monoisotopic (exact) mass is 360 g/mol. The maximum absolute atomic E-state index is 13.4. The summed E-state index contributed by atoms with van der Waals surface area (Å²) in [6, 6.07) is 15.3. The fourth-order valence-electron chi connectivity index (χ4n) is 3.12. The zero-order valence-corrected chi connectivity index (χ0v) is 14.8. The molecule has 0 atom stereocenters. The van der Waals surface area contributed by atoms with Crippen LogP contribution < -0.4 is 4.90 Å². The maximum Gasteiger partial charge on any atom is 0.279 e. The average molecular weight is 360 g/mol. The summed E-state index contributed by atoms with van der Waals surface area (Å²) < 4.78 is 14.9. The Morgan fingerprint density at radius 1 is 1.26 bits per heavy atom. The lowest BCUT2D eigenvalue weighted by Gasteiger charge is -2.23. The van der Waals surface area contributed by atoms with Crippen LogP contribution in [-0.4, -0.2) is 21.7 Å². The van der Waals surface area contributed by atoms with E-state index in [1.165, 1.54) is 16.8 Å². The third-order valence-corrected chi connectivity index (χ3v) is 4.60. The second-order valence-corrected chi connectivity index (χ2v) is 6.64. The first-order valence-electron chi connectivity index (χ1n) is 8.73. The molecule has 1 aliphatic carbocycles. The van der Waals surface area contributed by atoms with Crippen molar-refractivity contribution in [3.63, 3.8) is 0 Å². The largest absolute Gasteiger partial charge is 0.304 e. The molecule has 1 heterocycles. The van der Waals surface area contributed by atoms with Crippen LogP contribution in [0.25, 0.3) is 5.69 Å². The van der Waals surface area contributed by atoms with E-state index < -0.39 is 0 Å². The Bertz CT molecular complexity index is 1060. The number of amides is 1. The van der Waals surface area contributed by atoms with Gasteiger partial charge in [-0.3, -0.25) is 4.79 Å². The minimum atomic E-state index is -0.358. The lowest BCUT2D eigenvalue weighted by atomic mass is 10.1. The normalized spacial score (nSPS) is 13.2. The minimum Gasteiger partial charge on any atom is -0.304 e. The topological polar surface area (TPSA) is 61.9 Å². The predicted octanol–water partition coefficient (Wildman–Crippen LogP) is 4.00. The van der Waals surface area contributed by atoms with Gasteiger partial charge in [-0.15, -0.1) is 0 Å². The molecular formula is C21H17FN4O. The Hall–Kier alpha value is -3.46. The summed E-state index contributed by atoms with van der Waals surface area (Å²) in [5, 5.41) is 13.4. The Kier molecular flexibility index (Phi) is 4.21. The van der Waals surface area contributed by atoms with E-state index in [1.54, 1.807) is 41.4 Å². The van der Waals surface area contributed by atoms with Gasteiger partial charge < -0.3 is 4.90 Å². The maximum atomic E-state index is 13.4. The van der Waals surface area contributed by atoms with Crippen LogP contribution in [0.4, 0.5) is 10.1 Å². The number of nitriles is 1. The lowest BCUT2D eigenvalue weighted by molar-refractivity contribution is 0.0980. The molecule has 0 spiro atoms. The van der Waals surface area contributed by atoms with Gasteiger partial charge in [0.05, 0.1) is 17.3 Å². The van der Waals surface area contributed by atoms with Crippen LogP contribution in [0.2, 0.25) is 0 Å². The van der Waals surface area contributed by atoms with E-state index in [2.05, 4.69) is 11.2 Å². The van der Waals surface area contributed by atoms with Gasteiger partial charge in [0.15, 0.2) is 5.69 Å². The number of aromatic nitrogens is 2. The smallest absolute Gasteiger partial charge is 0.279 e. The molecule has 1 amide bonds. The second kappa shape index (κ2) is 6.69. The van der Waals surface area contributed by atoms with E-state index in [9.17, 15) is 9.18 Å². The van der Waals surface area contributed by atoms with Crippen molar-refractivity contribution in [2.24, 2.45) is 0 Å². The molecule has 0 bridgehead atoms. The fraction of sp³-hybridized carbons (Fsp3) is 0.190. The van der Waals surface area contributed by atoms with Crippen molar-refractivity contribution in [2.75, 3.05) is 4.90 Å². The van der Waals surface area contributed by atoms with E-state index >= 15 is 0 Å². The molecule has 0 N–H and O–H groups in total. The van der Waals surface area contributed by atoms with Gasteiger partial charge in [-0.1, -0.05) is 6.07 Å². The van der Waals surface area contributed by atoms with Crippen molar-refractivity contribution < 1.29 is 9.18 Å². The third-order valence-electron chi connectivity index (χ3n) is 4.60. The zero-order valence-electron chi connectivity index (χ0n) is 14.8. The summed E-state index contributed by atoms with van der Waals surface area (Å²) in [6.45, 7) is 1.89. The van der Waals surface area contributed by atoms with Gasteiger partial charge in [-0.2, -0.15) is 10.4 Å². The Labute approximate surface area is 156 Å². The van der Waals surface area contributed by atoms with Gasteiger partial charge in [0.2, 0.25) is 0 Å². The van der Waals surface area contributed by atoms with E-state index in [1.807, 2.05) is 13.0 Å². The van der Waals surface area contributed by atoms with Crippen LogP contribution in [-0.2, 0) is 0 Å². The summed E-state index contributed by atoms with van der Waals surface area (Å²) in [5.74, 6) is -0.552. The SMILES string of the molecule is Cc1cc(C#N)ccc1N(C(=O)c1ccn(-c2cccc(F)c2)n1)C1CC1. The van der Waals surface area contributed by atoms with Crippen LogP contribution >= 0.6 is 0 Å². The lowest BCUT2D eigenvalue weighted by Crippen LogP contribution is -2.34. The van der Waals surface area contributed by atoms with Crippen molar-refractivity contribution in [3.05, 3.63) is 77.4 Å². The van der Waals surface area contributed by atoms with Crippen LogP contribution in [0.1, 0.15) is 34.5 Å². The van der Waals surface area contributed by atoms with Gasteiger partial charge in [-0.25, -0.2) is 9.07 Å². The quantitative estimate of drug-likeness (QED) is 0.706. The minimum absolute atomic E-state index is 0.142. The number of anilines is 1. The highest BCUT2D eigenvalue weighted by atomic mass is 19.1. The van der Waals surface area contributed by atoms with Crippen molar-refractivity contribution in [1.82, 2.24) is 9.78 Å². The molecule has 5 nitrogen and oxygen atoms in total. The van der Waals surface area contributed by atoms with Crippen LogP contribution in [0.5, 0.6) is 0 Å². The molecule has 3 aromatic rings. The first kappa shape index (κ1) is 17.0. The Morgan fingerprint density at radius 2 is 2.07 bits per heavy atom. The molecule has 1 saturated carbocycles. The Morgan fingerprint density at radius 3 is 2.74 bits per heavy atom. The number of hydrogen-bond donors (Lipinski definition) is 0. The number of nitrogens with zero attached hydrogens (tertiary/aromatic N) is 4. The highest BCUT2D eigenvalue weighted by Gasteiger charge is 2.36. The number of hydrogen-bond acceptors (Lipinski definition) is 3. The molecule has 1 aromatic heterocycles. The molecular weight excluding hydrogens is 343 g/mol. The van der Waals surface area contributed by atoms with Crippen LogP contribution in [0.3, 0.4) is 0 Å². The van der Waals surface area contributed by atoms with Crippen molar-refractivity contribution in [1.29, 1.82) is 5.26 Å². The zero-order chi connectivity index (χ0) is 19.0. The molecule has 0 unspecified atom stereocenters. The highest BCUT2D eigenvalue weighted by Crippen LogP contribution is 2.35. The van der Waals surface area contributed by atoms with Gasteiger partial charge >= 0.3 is 0 Å². The summed E-state index contributed by atoms with van der Waals surface area (Å²) in [5.41, 5.74) is 3.09. The van der Waals surface area contributed by atoms with E-state index in [4.69, 9.17) is 5.26 Å². The molecule has 134 valence electrons. The summed E-state index contributed by atoms with van der Waals surface area (Å²) >= 11 is 0. The van der Waals surface area contributed by atoms with Gasteiger partial charge in [0, 0.05) is 17.9 Å². The highest BCUT2D eigenvalue weighted by molar-refractivity contribution is 6.06. The third kappa shape index (κ3) is 3.32. The van der Waals surface area contributed by atoms with Gasteiger partial charge in [0.1, 0.15) is 5.82 Å². The molecule has 1 aliphatic rings. The van der Waals surface area contributed by atoms with Crippen molar-refractivity contribution in [3.8, 4) is 11.8 Å². The number of carbonyl (C=O) groups is 1. The number of carbonyl (C=O) groups excluding carboxylic acids is 1. The molecule has 0 aliphatic heterocycles. The fourth-order valence-corrected chi connectivity index (χ4v) is 3.12. The van der Waals surface area contributed by atoms with E-state index in [-0.39, 0.29) is 17.8 Å². The first-order chi connectivity index (χ1) is 13.1. The van der Waals surface area contributed by atoms with Crippen LogP contribution in [0, 0.1) is 24.1 Å². The van der Waals surface area contributed by atoms with Gasteiger partial charge in [0.25, 0.3) is 5.91 Å². The van der Waals surface area contributed by atoms with E-state index in [0.717, 1.165) is 24.1 Å². The van der Waals surface area contributed by atoms with Crippen molar-refractivity contribution >= 4 is 11.6 Å². The summed E-state index contributed by atoms with van der Waals surface area (Å²) in [7, 11) is 0. The molecule has 0 radical (unpaired) electrons. The standard InChI is InChI=1S/C21H17FN4O/c1-14-11-15(13-23)5-8-20(14)26(17-6-7-17)21(27)19-9-10-25(24-19)18-4-2-3-16(22)12-18/h2-5,8-12,17H,6-7H2,1H3.